The molecule has 2 atom stereocenters. The molecule has 8 nitrogen and oxygen atoms in total. The molecular weight excluding hydrogens is 280 g/mol. The van der Waals surface area contributed by atoms with Gasteiger partial charge in [0.2, 0.25) is 5.82 Å². The van der Waals surface area contributed by atoms with E-state index in [4.69, 9.17) is 23.8 Å². The molecular formula is C13H18N2O6. The van der Waals surface area contributed by atoms with Crippen LogP contribution in [0.1, 0.15) is 43.5 Å². The monoisotopic (exact) mass is 298 g/mol. The zero-order valence-corrected chi connectivity index (χ0v) is 11.8. The lowest BCUT2D eigenvalue weighted by atomic mass is 9.93. The largest absolute Gasteiger partial charge is 0.479 e. The zero-order chi connectivity index (χ0) is 14.9. The predicted molar refractivity (Wildman–Crippen MR) is 67.5 cm³/mol. The Morgan fingerprint density at radius 2 is 2.14 bits per heavy atom. The molecule has 116 valence electrons. The Balaban J connectivity index is 1.75. The molecule has 2 aliphatic heterocycles. The van der Waals surface area contributed by atoms with Gasteiger partial charge in [-0.1, -0.05) is 5.16 Å². The average molecular weight is 298 g/mol. The van der Waals surface area contributed by atoms with E-state index in [9.17, 15) is 4.79 Å². The molecule has 0 radical (unpaired) electrons. The number of nitrogens with zero attached hydrogens (tertiary/aromatic N) is 2. The molecule has 2 aliphatic rings. The average Bonchev–Trinajstić information content (AvgIpc) is 3.17. The van der Waals surface area contributed by atoms with Gasteiger partial charge in [0.25, 0.3) is 5.89 Å². The summed E-state index contributed by atoms with van der Waals surface area (Å²) >= 11 is 0. The van der Waals surface area contributed by atoms with E-state index in [2.05, 4.69) is 10.1 Å². The number of methoxy groups -OCH3 is 1. The zero-order valence-electron chi connectivity index (χ0n) is 11.8. The highest BCUT2D eigenvalue weighted by atomic mass is 16.6. The van der Waals surface area contributed by atoms with E-state index in [0.29, 0.717) is 50.6 Å². The molecule has 0 amide bonds. The van der Waals surface area contributed by atoms with E-state index in [0.717, 1.165) is 0 Å². The molecule has 1 aromatic heterocycles. The molecule has 21 heavy (non-hydrogen) atoms. The van der Waals surface area contributed by atoms with E-state index in [1.165, 1.54) is 0 Å². The summed E-state index contributed by atoms with van der Waals surface area (Å²) in [5.74, 6) is -0.169. The molecule has 0 aromatic carbocycles. The summed E-state index contributed by atoms with van der Waals surface area (Å²) < 4.78 is 21.6. The Labute approximate surface area is 121 Å². The van der Waals surface area contributed by atoms with Crippen LogP contribution in [0.15, 0.2) is 4.52 Å². The second-order valence-electron chi connectivity index (χ2n) is 5.30. The number of carbonyl (C=O) groups is 1. The van der Waals surface area contributed by atoms with Gasteiger partial charge in [0, 0.05) is 33.2 Å². The van der Waals surface area contributed by atoms with Gasteiger partial charge >= 0.3 is 5.97 Å². The summed E-state index contributed by atoms with van der Waals surface area (Å²) in [7, 11) is 1.62. The van der Waals surface area contributed by atoms with Crippen LogP contribution < -0.4 is 0 Å². The Kier molecular flexibility index (Phi) is 3.92. The maximum atomic E-state index is 10.9. The van der Waals surface area contributed by atoms with Crippen LogP contribution in [0, 0.1) is 0 Å². The molecule has 0 bridgehead atoms. The number of aromatic nitrogens is 2. The minimum absolute atomic E-state index is 0.316. The van der Waals surface area contributed by atoms with Crippen molar-refractivity contribution in [3.8, 4) is 0 Å². The van der Waals surface area contributed by atoms with Crippen molar-refractivity contribution in [1.82, 2.24) is 10.1 Å². The highest BCUT2D eigenvalue weighted by Gasteiger charge is 2.41. The lowest BCUT2D eigenvalue weighted by Crippen LogP contribution is -2.36. The second-order valence-corrected chi connectivity index (χ2v) is 5.30. The maximum absolute atomic E-state index is 10.9. The minimum Gasteiger partial charge on any atom is -0.479 e. The number of hydrogen-bond donors (Lipinski definition) is 1. The molecule has 2 fully saturated rings. The van der Waals surface area contributed by atoms with Crippen molar-refractivity contribution in [1.29, 1.82) is 0 Å². The van der Waals surface area contributed by atoms with Gasteiger partial charge in [-0.15, -0.1) is 0 Å². The molecule has 0 aliphatic carbocycles. The van der Waals surface area contributed by atoms with Gasteiger partial charge in [0.15, 0.2) is 6.10 Å². The topological polar surface area (TPSA) is 104 Å². The van der Waals surface area contributed by atoms with E-state index in [1.807, 2.05) is 0 Å². The summed E-state index contributed by atoms with van der Waals surface area (Å²) in [6.07, 6.45) is 1.06. The van der Waals surface area contributed by atoms with Crippen molar-refractivity contribution in [3.63, 3.8) is 0 Å². The van der Waals surface area contributed by atoms with Crippen LogP contribution in [0.25, 0.3) is 0 Å². The van der Waals surface area contributed by atoms with E-state index < -0.39 is 23.8 Å². The van der Waals surface area contributed by atoms with Gasteiger partial charge in [-0.25, -0.2) is 4.79 Å². The normalized spacial score (nSPS) is 28.6. The highest BCUT2D eigenvalue weighted by Crippen LogP contribution is 2.36. The van der Waals surface area contributed by atoms with Gasteiger partial charge < -0.3 is 23.8 Å². The van der Waals surface area contributed by atoms with Crippen LogP contribution in [0.2, 0.25) is 0 Å². The predicted octanol–water partition coefficient (Wildman–Crippen LogP) is 1.03. The summed E-state index contributed by atoms with van der Waals surface area (Å²) in [6.45, 7) is 1.16. The third-order valence-corrected chi connectivity index (χ3v) is 4.11. The molecule has 1 aromatic rings. The number of ether oxygens (including phenoxy) is 3. The number of carboxylic acids is 1. The lowest BCUT2D eigenvalue weighted by molar-refractivity contribution is -0.150. The summed E-state index contributed by atoms with van der Waals surface area (Å²) in [5.41, 5.74) is -0.592. The first-order valence-corrected chi connectivity index (χ1v) is 7.00. The fraction of sp³-hybridized carbons (Fsp3) is 0.769. The summed E-state index contributed by atoms with van der Waals surface area (Å²) in [4.78, 5) is 15.3. The molecule has 3 heterocycles. The van der Waals surface area contributed by atoms with E-state index in [-0.39, 0.29) is 0 Å². The van der Waals surface area contributed by atoms with Crippen molar-refractivity contribution in [2.75, 3.05) is 20.3 Å². The summed E-state index contributed by atoms with van der Waals surface area (Å²) in [5, 5.41) is 12.9. The van der Waals surface area contributed by atoms with Crippen LogP contribution in [-0.2, 0) is 24.6 Å². The van der Waals surface area contributed by atoms with Gasteiger partial charge in [0.05, 0.1) is 0 Å². The van der Waals surface area contributed by atoms with Crippen LogP contribution in [0.4, 0.5) is 0 Å². The van der Waals surface area contributed by atoms with E-state index in [1.54, 1.807) is 7.11 Å². The van der Waals surface area contributed by atoms with Gasteiger partial charge in [-0.3, -0.25) is 0 Å². The number of hydrogen-bond acceptors (Lipinski definition) is 7. The summed E-state index contributed by atoms with van der Waals surface area (Å²) in [6, 6.07) is 0. The Bertz CT molecular complexity index is 511. The Hall–Kier alpha value is -1.51. The van der Waals surface area contributed by atoms with Gasteiger partial charge in [-0.2, -0.15) is 4.98 Å². The van der Waals surface area contributed by atoms with Gasteiger partial charge in [0.1, 0.15) is 11.7 Å². The van der Waals surface area contributed by atoms with Crippen LogP contribution in [0.3, 0.4) is 0 Å². The first-order chi connectivity index (χ1) is 10.1. The first-order valence-electron chi connectivity index (χ1n) is 7.00. The molecule has 8 heteroatoms. The molecule has 1 N–H and O–H groups in total. The van der Waals surface area contributed by atoms with Crippen LogP contribution >= 0.6 is 0 Å². The van der Waals surface area contributed by atoms with Crippen molar-refractivity contribution >= 4 is 5.97 Å². The Morgan fingerprint density at radius 3 is 2.76 bits per heavy atom. The quantitative estimate of drug-likeness (QED) is 0.878. The molecule has 0 saturated carbocycles. The number of aliphatic carboxylic acids is 1. The fourth-order valence-corrected chi connectivity index (χ4v) is 2.77. The number of carboxylic acid groups (broad SMARTS) is 1. The third-order valence-electron chi connectivity index (χ3n) is 4.11. The van der Waals surface area contributed by atoms with Crippen molar-refractivity contribution in [2.24, 2.45) is 0 Å². The SMILES string of the molecule is COC1(c2noc(C3CCC(C(=O)O)O3)n2)CCOCC1. The molecule has 0 spiro atoms. The molecule has 2 saturated heterocycles. The standard InChI is InChI=1S/C13H18N2O6/c1-18-13(4-6-19-7-5-13)12-14-10(21-15-12)8-2-3-9(20-8)11(16)17/h8-9H,2-7H2,1H3,(H,16,17). The second kappa shape index (κ2) is 5.70. The van der Waals surface area contributed by atoms with Gasteiger partial charge in [-0.05, 0) is 12.8 Å². The van der Waals surface area contributed by atoms with Crippen molar-refractivity contribution < 1.29 is 28.6 Å². The van der Waals surface area contributed by atoms with Crippen LogP contribution in [0.5, 0.6) is 0 Å². The first kappa shape index (κ1) is 14.4. The van der Waals surface area contributed by atoms with Crippen molar-refractivity contribution in [3.05, 3.63) is 11.7 Å². The van der Waals surface area contributed by atoms with E-state index >= 15 is 0 Å². The fourth-order valence-electron chi connectivity index (χ4n) is 2.77. The molecule has 2 unspecified atom stereocenters. The van der Waals surface area contributed by atoms with Crippen LogP contribution in [-0.4, -0.2) is 47.6 Å². The third kappa shape index (κ3) is 2.66. The maximum Gasteiger partial charge on any atom is 0.332 e. The highest BCUT2D eigenvalue weighted by molar-refractivity contribution is 5.72. The lowest BCUT2D eigenvalue weighted by Gasteiger charge is -2.32. The molecule has 3 rings (SSSR count). The minimum atomic E-state index is -0.963. The number of rotatable bonds is 4. The smallest absolute Gasteiger partial charge is 0.332 e. The Morgan fingerprint density at radius 1 is 1.38 bits per heavy atom. The van der Waals surface area contributed by atoms with Crippen molar-refractivity contribution in [2.45, 2.75) is 43.5 Å².